The van der Waals surface area contributed by atoms with Crippen LogP contribution in [0.2, 0.25) is 0 Å². The number of sulfone groups is 1. The molecule has 1 aliphatic heterocycles. The fourth-order valence-corrected chi connectivity index (χ4v) is 5.29. The molecule has 2 aromatic carbocycles. The number of halogens is 1. The summed E-state index contributed by atoms with van der Waals surface area (Å²) in [5, 5.41) is 0.618. The normalized spacial score (nSPS) is 14.8. The molecule has 1 fully saturated rings. The molecule has 0 saturated carbocycles. The quantitative estimate of drug-likeness (QED) is 0.521. The van der Waals surface area contributed by atoms with Gasteiger partial charge in [-0.3, -0.25) is 14.6 Å². The number of carbonyl (C=O) groups excluding carboxylic acids is 1. The standard InChI is InChI=1S/C22H25N3O4S2.ClH/c1-16-5-3-8-19-20(16)23-22(30-19)25(10-9-24-11-13-29-14-12-24)21(26)17-6-4-7-18(15-17)31(2,27)28;/h3-8,15H,9-14H2,1-2H3;1H. The van der Waals surface area contributed by atoms with Gasteiger partial charge in [-0.1, -0.05) is 29.5 Å². The van der Waals surface area contributed by atoms with Crippen molar-refractivity contribution in [2.45, 2.75) is 11.8 Å². The van der Waals surface area contributed by atoms with Crippen molar-refractivity contribution in [1.82, 2.24) is 9.88 Å². The molecular weight excluding hydrogens is 470 g/mol. The zero-order valence-corrected chi connectivity index (χ0v) is 20.4. The molecule has 10 heteroatoms. The Bertz CT molecular complexity index is 1210. The van der Waals surface area contributed by atoms with Crippen molar-refractivity contribution in [2.75, 3.05) is 50.5 Å². The van der Waals surface area contributed by atoms with Crippen molar-refractivity contribution in [3.05, 3.63) is 53.6 Å². The zero-order valence-electron chi connectivity index (χ0n) is 18.0. The predicted molar refractivity (Wildman–Crippen MR) is 130 cm³/mol. The second-order valence-electron chi connectivity index (χ2n) is 7.63. The van der Waals surface area contributed by atoms with Gasteiger partial charge in [0.05, 0.1) is 28.3 Å². The lowest BCUT2D eigenvalue weighted by Gasteiger charge is -2.29. The van der Waals surface area contributed by atoms with E-state index in [0.717, 1.165) is 35.1 Å². The van der Waals surface area contributed by atoms with E-state index in [1.807, 2.05) is 25.1 Å². The SMILES string of the molecule is Cc1cccc2sc(N(CCN3CCOCC3)C(=O)c3cccc(S(C)(=O)=O)c3)nc12.Cl. The Balaban J connectivity index is 0.00000289. The molecule has 3 aromatic rings. The van der Waals surface area contributed by atoms with Crippen molar-refractivity contribution in [1.29, 1.82) is 0 Å². The summed E-state index contributed by atoms with van der Waals surface area (Å²) in [6, 6.07) is 12.2. The van der Waals surface area contributed by atoms with E-state index in [1.165, 1.54) is 23.5 Å². The first-order chi connectivity index (χ1) is 14.8. The number of fused-ring (bicyclic) bond motifs is 1. The van der Waals surface area contributed by atoms with Gasteiger partial charge in [0.2, 0.25) is 0 Å². The number of aryl methyl sites for hydroxylation is 1. The van der Waals surface area contributed by atoms with Gasteiger partial charge in [0.1, 0.15) is 0 Å². The Morgan fingerprint density at radius 3 is 2.59 bits per heavy atom. The Morgan fingerprint density at radius 1 is 1.19 bits per heavy atom. The minimum Gasteiger partial charge on any atom is -0.379 e. The smallest absolute Gasteiger partial charge is 0.260 e. The summed E-state index contributed by atoms with van der Waals surface area (Å²) in [6.45, 7) is 6.17. The number of morpholine rings is 1. The maximum Gasteiger partial charge on any atom is 0.260 e. The number of aromatic nitrogens is 1. The van der Waals surface area contributed by atoms with Gasteiger partial charge in [-0.15, -0.1) is 12.4 Å². The van der Waals surface area contributed by atoms with E-state index in [1.54, 1.807) is 17.0 Å². The number of hydrogen-bond acceptors (Lipinski definition) is 7. The highest BCUT2D eigenvalue weighted by Gasteiger charge is 2.24. The molecule has 4 rings (SSSR count). The predicted octanol–water partition coefficient (Wildman–Crippen LogP) is 3.41. The van der Waals surface area contributed by atoms with Crippen molar-refractivity contribution >= 4 is 54.8 Å². The van der Waals surface area contributed by atoms with Crippen LogP contribution in [0.1, 0.15) is 15.9 Å². The third-order valence-corrected chi connectivity index (χ3v) is 7.49. The van der Waals surface area contributed by atoms with Gasteiger partial charge in [0.25, 0.3) is 5.91 Å². The van der Waals surface area contributed by atoms with Gasteiger partial charge in [0.15, 0.2) is 15.0 Å². The van der Waals surface area contributed by atoms with Crippen molar-refractivity contribution < 1.29 is 17.9 Å². The molecule has 32 heavy (non-hydrogen) atoms. The second kappa shape index (κ2) is 10.3. The highest BCUT2D eigenvalue weighted by atomic mass is 35.5. The van der Waals surface area contributed by atoms with E-state index in [2.05, 4.69) is 4.90 Å². The van der Waals surface area contributed by atoms with E-state index in [4.69, 9.17) is 9.72 Å². The molecule has 1 amide bonds. The summed E-state index contributed by atoms with van der Waals surface area (Å²) in [4.78, 5) is 22.3. The maximum atomic E-state index is 13.5. The second-order valence-corrected chi connectivity index (χ2v) is 10.7. The van der Waals surface area contributed by atoms with E-state index >= 15 is 0 Å². The Labute approximate surface area is 198 Å². The average molecular weight is 496 g/mol. The summed E-state index contributed by atoms with van der Waals surface area (Å²) < 4.78 is 30.4. The van der Waals surface area contributed by atoms with Crippen LogP contribution < -0.4 is 4.90 Å². The first kappa shape index (κ1) is 24.6. The number of nitrogens with zero attached hydrogens (tertiary/aromatic N) is 3. The highest BCUT2D eigenvalue weighted by Crippen LogP contribution is 2.31. The first-order valence-electron chi connectivity index (χ1n) is 10.1. The van der Waals surface area contributed by atoms with Crippen LogP contribution in [-0.2, 0) is 14.6 Å². The number of hydrogen-bond donors (Lipinski definition) is 0. The molecule has 1 aromatic heterocycles. The van der Waals surface area contributed by atoms with E-state index < -0.39 is 9.84 Å². The number of thiazole rings is 1. The molecule has 0 atom stereocenters. The van der Waals surface area contributed by atoms with Crippen LogP contribution in [0.25, 0.3) is 10.2 Å². The minimum atomic E-state index is -3.41. The summed E-state index contributed by atoms with van der Waals surface area (Å²) in [7, 11) is -3.41. The molecule has 0 bridgehead atoms. The number of carbonyl (C=O) groups is 1. The lowest BCUT2D eigenvalue weighted by atomic mass is 10.2. The first-order valence-corrected chi connectivity index (χ1v) is 12.8. The van der Waals surface area contributed by atoms with Crippen LogP contribution in [0.4, 0.5) is 5.13 Å². The van der Waals surface area contributed by atoms with Gasteiger partial charge >= 0.3 is 0 Å². The van der Waals surface area contributed by atoms with Gasteiger partial charge in [0, 0.05) is 38.0 Å². The summed E-state index contributed by atoms with van der Waals surface area (Å²) in [5.74, 6) is -0.254. The molecule has 0 unspecified atom stereocenters. The molecule has 0 N–H and O–H groups in total. The zero-order chi connectivity index (χ0) is 22.0. The molecule has 0 radical (unpaired) electrons. The Kier molecular flexibility index (Phi) is 7.89. The third kappa shape index (κ3) is 5.47. The lowest BCUT2D eigenvalue weighted by molar-refractivity contribution is 0.0391. The number of ether oxygens (including phenoxy) is 1. The fourth-order valence-electron chi connectivity index (χ4n) is 3.56. The Morgan fingerprint density at radius 2 is 1.91 bits per heavy atom. The topological polar surface area (TPSA) is 79.8 Å². The Hall–Kier alpha value is -2.04. The average Bonchev–Trinajstić information content (AvgIpc) is 3.19. The number of anilines is 1. The number of rotatable bonds is 6. The van der Waals surface area contributed by atoms with Crippen LogP contribution in [0.15, 0.2) is 47.4 Å². The van der Waals surface area contributed by atoms with Gasteiger partial charge in [-0.25, -0.2) is 13.4 Å². The molecule has 172 valence electrons. The number of para-hydroxylation sites is 1. The van der Waals surface area contributed by atoms with Crippen molar-refractivity contribution in [2.24, 2.45) is 0 Å². The van der Waals surface area contributed by atoms with E-state index in [-0.39, 0.29) is 23.2 Å². The van der Waals surface area contributed by atoms with Crippen molar-refractivity contribution in [3.63, 3.8) is 0 Å². The minimum absolute atomic E-state index is 0. The molecule has 7 nitrogen and oxygen atoms in total. The van der Waals surface area contributed by atoms with Crippen LogP contribution in [-0.4, -0.2) is 69.9 Å². The van der Waals surface area contributed by atoms with E-state index in [9.17, 15) is 13.2 Å². The monoisotopic (exact) mass is 495 g/mol. The van der Waals surface area contributed by atoms with Crippen LogP contribution >= 0.6 is 23.7 Å². The number of benzene rings is 2. The maximum absolute atomic E-state index is 13.5. The molecule has 1 saturated heterocycles. The van der Waals surface area contributed by atoms with Crippen LogP contribution in [0.3, 0.4) is 0 Å². The molecule has 0 spiro atoms. The van der Waals surface area contributed by atoms with Crippen LogP contribution in [0.5, 0.6) is 0 Å². The largest absolute Gasteiger partial charge is 0.379 e. The molecule has 2 heterocycles. The van der Waals surface area contributed by atoms with Crippen molar-refractivity contribution in [3.8, 4) is 0 Å². The molecule has 1 aliphatic rings. The van der Waals surface area contributed by atoms with Gasteiger partial charge in [-0.05, 0) is 36.8 Å². The summed E-state index contributed by atoms with van der Waals surface area (Å²) in [5.41, 5.74) is 2.28. The van der Waals surface area contributed by atoms with Gasteiger partial charge in [-0.2, -0.15) is 0 Å². The fraction of sp³-hybridized carbons (Fsp3) is 0.364. The third-order valence-electron chi connectivity index (χ3n) is 5.34. The van der Waals surface area contributed by atoms with E-state index in [0.29, 0.717) is 37.0 Å². The lowest BCUT2D eigenvalue weighted by Crippen LogP contribution is -2.43. The summed E-state index contributed by atoms with van der Waals surface area (Å²) in [6.07, 6.45) is 1.14. The molecule has 0 aliphatic carbocycles. The van der Waals surface area contributed by atoms with Crippen LogP contribution in [0, 0.1) is 6.92 Å². The molecular formula is C22H26ClN3O4S2. The number of amides is 1. The highest BCUT2D eigenvalue weighted by molar-refractivity contribution is 7.90. The summed E-state index contributed by atoms with van der Waals surface area (Å²) >= 11 is 1.47. The van der Waals surface area contributed by atoms with Gasteiger partial charge < -0.3 is 4.74 Å².